The number of hydrogen-bond donors (Lipinski definition) is 1. The number of thiazole rings is 1. The molecule has 4 rings (SSSR count). The van der Waals surface area contributed by atoms with Gasteiger partial charge in [-0.25, -0.2) is 9.98 Å². The summed E-state index contributed by atoms with van der Waals surface area (Å²) in [6.45, 7) is 0.883. The maximum Gasteiger partial charge on any atom is 0.264 e. The van der Waals surface area contributed by atoms with Crippen molar-refractivity contribution in [3.63, 3.8) is 0 Å². The average molecular weight is 522 g/mol. The Kier molecular flexibility index (Phi) is 7.24. The lowest BCUT2D eigenvalue weighted by atomic mass is 10.1. The third-order valence-corrected chi connectivity index (χ3v) is 6.79. The van der Waals surface area contributed by atoms with Gasteiger partial charge in [0, 0.05) is 29.8 Å². The molecule has 0 spiro atoms. The normalized spacial score (nSPS) is 17.8. The van der Waals surface area contributed by atoms with Crippen LogP contribution in [0.4, 0.5) is 0 Å². The van der Waals surface area contributed by atoms with E-state index >= 15 is 0 Å². The summed E-state index contributed by atoms with van der Waals surface area (Å²) in [6, 6.07) is 14.1. The highest BCUT2D eigenvalue weighted by molar-refractivity contribution is 7.15. The van der Waals surface area contributed by atoms with Gasteiger partial charge in [-0.2, -0.15) is 0 Å². The van der Waals surface area contributed by atoms with Crippen LogP contribution in [0.5, 0.6) is 0 Å². The maximum absolute atomic E-state index is 13.8. The van der Waals surface area contributed by atoms with E-state index in [0.717, 1.165) is 16.7 Å². The number of aliphatic imine (C=N–C) groups is 1. The highest BCUT2D eigenvalue weighted by atomic mass is 35.5. The molecule has 1 atom stereocenters. The van der Waals surface area contributed by atoms with Crippen molar-refractivity contribution in [2.24, 2.45) is 4.99 Å². The minimum atomic E-state index is -0.443. The van der Waals surface area contributed by atoms with Gasteiger partial charge in [0.15, 0.2) is 4.47 Å². The monoisotopic (exact) mass is 520 g/mol. The van der Waals surface area contributed by atoms with Crippen molar-refractivity contribution in [1.29, 1.82) is 0 Å². The van der Waals surface area contributed by atoms with Crippen LogP contribution in [0.2, 0.25) is 14.5 Å². The average Bonchev–Trinajstić information content (AvgIpc) is 3.35. The SMILES string of the molecule is CN1CC(c2cnc(Cl)s2)N(C(=O)C(=CO)c2cc(Cl)cc(Cl)c2)C1=NCc1ccccc1. The van der Waals surface area contributed by atoms with Crippen LogP contribution in [-0.4, -0.2) is 45.3 Å². The van der Waals surface area contributed by atoms with Crippen LogP contribution in [-0.2, 0) is 11.3 Å². The van der Waals surface area contributed by atoms with E-state index < -0.39 is 5.91 Å². The second-order valence-electron chi connectivity index (χ2n) is 7.39. The number of hydrogen-bond acceptors (Lipinski definition) is 5. The molecule has 6 nitrogen and oxygen atoms in total. The number of nitrogens with zero attached hydrogens (tertiary/aromatic N) is 4. The molecule has 3 aromatic rings. The van der Waals surface area contributed by atoms with Gasteiger partial charge in [0.25, 0.3) is 5.91 Å². The van der Waals surface area contributed by atoms with Gasteiger partial charge in [0.05, 0.1) is 29.3 Å². The van der Waals surface area contributed by atoms with E-state index in [1.54, 1.807) is 29.3 Å². The zero-order chi connectivity index (χ0) is 23.5. The van der Waals surface area contributed by atoms with Crippen LogP contribution in [0.3, 0.4) is 0 Å². The van der Waals surface area contributed by atoms with Crippen LogP contribution < -0.4 is 0 Å². The topological polar surface area (TPSA) is 69.0 Å². The number of aromatic nitrogens is 1. The number of carbonyl (C=O) groups is 1. The predicted octanol–water partition coefficient (Wildman–Crippen LogP) is 6.07. The van der Waals surface area contributed by atoms with Crippen molar-refractivity contribution in [1.82, 2.24) is 14.8 Å². The van der Waals surface area contributed by atoms with Gasteiger partial charge in [0.2, 0.25) is 5.96 Å². The summed E-state index contributed by atoms with van der Waals surface area (Å²) in [4.78, 5) is 27.0. The van der Waals surface area contributed by atoms with E-state index in [4.69, 9.17) is 39.8 Å². The van der Waals surface area contributed by atoms with E-state index in [-0.39, 0.29) is 11.6 Å². The number of carbonyl (C=O) groups excluding carboxylic acids is 1. The van der Waals surface area contributed by atoms with Gasteiger partial charge < -0.3 is 10.0 Å². The fourth-order valence-electron chi connectivity index (χ4n) is 3.65. The summed E-state index contributed by atoms with van der Waals surface area (Å²) in [5.74, 6) is 0.0346. The number of amides is 1. The lowest BCUT2D eigenvalue weighted by Crippen LogP contribution is -2.38. The van der Waals surface area contributed by atoms with Gasteiger partial charge in [0.1, 0.15) is 0 Å². The molecule has 0 bridgehead atoms. The summed E-state index contributed by atoms with van der Waals surface area (Å²) in [5.41, 5.74) is 1.45. The first-order valence-corrected chi connectivity index (χ1v) is 11.9. The fourth-order valence-corrected chi connectivity index (χ4v) is 5.21. The van der Waals surface area contributed by atoms with E-state index in [0.29, 0.717) is 39.1 Å². The molecule has 1 aromatic heterocycles. The maximum atomic E-state index is 13.8. The summed E-state index contributed by atoms with van der Waals surface area (Å²) in [6.07, 6.45) is 2.43. The molecule has 1 unspecified atom stereocenters. The molecule has 1 amide bonds. The third kappa shape index (κ3) is 5.17. The van der Waals surface area contributed by atoms with E-state index in [2.05, 4.69) is 4.98 Å². The minimum absolute atomic E-state index is 0.0442. The Morgan fingerprint density at radius 2 is 1.91 bits per heavy atom. The van der Waals surface area contributed by atoms with Gasteiger partial charge in [-0.1, -0.05) is 65.1 Å². The molecule has 0 aliphatic carbocycles. The Labute approximate surface area is 210 Å². The van der Waals surface area contributed by atoms with Crippen molar-refractivity contribution in [2.75, 3.05) is 13.6 Å². The van der Waals surface area contributed by atoms with Crippen molar-refractivity contribution in [3.05, 3.63) is 91.5 Å². The lowest BCUT2D eigenvalue weighted by molar-refractivity contribution is -0.122. The Morgan fingerprint density at radius 1 is 1.21 bits per heavy atom. The Bertz CT molecular complexity index is 1210. The third-order valence-electron chi connectivity index (χ3n) is 5.14. The summed E-state index contributed by atoms with van der Waals surface area (Å²) in [5, 5.41) is 10.7. The molecule has 1 saturated heterocycles. The Balaban J connectivity index is 1.76. The summed E-state index contributed by atoms with van der Waals surface area (Å²) >= 11 is 19.7. The number of rotatable bonds is 5. The van der Waals surface area contributed by atoms with Crippen LogP contribution in [0.1, 0.15) is 22.0 Å². The number of halogens is 3. The summed E-state index contributed by atoms with van der Waals surface area (Å²) < 4.78 is 0.384. The largest absolute Gasteiger partial charge is 0.515 e. The van der Waals surface area contributed by atoms with Crippen LogP contribution in [0.15, 0.2) is 66.0 Å². The number of benzene rings is 2. The van der Waals surface area contributed by atoms with Gasteiger partial charge in [-0.05, 0) is 29.3 Å². The molecule has 1 aliphatic heterocycles. The predicted molar refractivity (Wildman–Crippen MR) is 134 cm³/mol. The first-order chi connectivity index (χ1) is 15.9. The van der Waals surface area contributed by atoms with Crippen LogP contribution in [0, 0.1) is 0 Å². The molecule has 10 heteroatoms. The van der Waals surface area contributed by atoms with Gasteiger partial charge >= 0.3 is 0 Å². The second-order valence-corrected chi connectivity index (χ2v) is 9.91. The Hall–Kier alpha value is -2.58. The van der Waals surface area contributed by atoms with Crippen molar-refractivity contribution < 1.29 is 9.90 Å². The van der Waals surface area contributed by atoms with Crippen molar-refractivity contribution in [2.45, 2.75) is 12.6 Å². The lowest BCUT2D eigenvalue weighted by Gasteiger charge is -2.24. The van der Waals surface area contributed by atoms with E-state index in [1.807, 2.05) is 42.3 Å². The standard InChI is InChI=1S/C23H19Cl3N4O2S/c1-29-12-19(20-11-27-22(26)33-20)30(23(29)28-10-14-5-3-2-4-6-14)21(32)18(13-31)15-7-16(24)9-17(25)8-15/h2-9,11,13,19,31H,10,12H2,1H3. The molecule has 2 heterocycles. The smallest absolute Gasteiger partial charge is 0.264 e. The van der Waals surface area contributed by atoms with Gasteiger partial charge in [-0.3, -0.25) is 9.69 Å². The van der Waals surface area contributed by atoms with E-state index in [1.165, 1.54) is 11.3 Å². The fraction of sp³-hybridized carbons (Fsp3) is 0.174. The molecule has 2 aromatic carbocycles. The molecular weight excluding hydrogens is 503 g/mol. The van der Waals surface area contributed by atoms with Gasteiger partial charge in [-0.15, -0.1) is 11.3 Å². The first-order valence-electron chi connectivity index (χ1n) is 9.92. The van der Waals surface area contributed by atoms with Crippen molar-refractivity contribution >= 4 is 63.6 Å². The minimum Gasteiger partial charge on any atom is -0.515 e. The summed E-state index contributed by atoms with van der Waals surface area (Å²) in [7, 11) is 1.87. The van der Waals surface area contributed by atoms with E-state index in [9.17, 15) is 9.90 Å². The highest BCUT2D eigenvalue weighted by Crippen LogP contribution is 2.36. The molecule has 1 N–H and O–H groups in total. The second kappa shape index (κ2) is 10.1. The van der Waals surface area contributed by atoms with Crippen LogP contribution >= 0.6 is 46.1 Å². The zero-order valence-electron chi connectivity index (χ0n) is 17.5. The first kappa shape index (κ1) is 23.6. The molecule has 0 saturated carbocycles. The number of guanidine groups is 1. The molecule has 1 aliphatic rings. The highest BCUT2D eigenvalue weighted by Gasteiger charge is 2.41. The zero-order valence-corrected chi connectivity index (χ0v) is 20.5. The quantitative estimate of drug-likeness (QED) is 0.327. The number of likely N-dealkylation sites (N-methyl/N-ethyl adjacent to an activating group) is 1. The number of aliphatic hydroxyl groups excluding tert-OH is 1. The molecule has 1 fully saturated rings. The molecule has 170 valence electrons. The number of aliphatic hydroxyl groups is 1. The van der Waals surface area contributed by atoms with Crippen LogP contribution in [0.25, 0.3) is 5.57 Å². The molecule has 0 radical (unpaired) electrons. The Morgan fingerprint density at radius 3 is 2.52 bits per heavy atom. The van der Waals surface area contributed by atoms with Crippen molar-refractivity contribution in [3.8, 4) is 0 Å². The molecule has 33 heavy (non-hydrogen) atoms. The molecular formula is C23H19Cl3N4O2S.